The van der Waals surface area contributed by atoms with Crippen LogP contribution in [0.4, 0.5) is 0 Å². The highest BCUT2D eigenvalue weighted by Crippen LogP contribution is 2.28. The first-order chi connectivity index (χ1) is 14.2. The van der Waals surface area contributed by atoms with Crippen LogP contribution in [0.25, 0.3) is 5.69 Å². The number of thioether (sulfide) groups is 1. The highest BCUT2D eigenvalue weighted by molar-refractivity contribution is 8.00. The van der Waals surface area contributed by atoms with E-state index in [1.54, 1.807) is 11.3 Å². The van der Waals surface area contributed by atoms with E-state index in [9.17, 15) is 4.79 Å². The van der Waals surface area contributed by atoms with Gasteiger partial charge in [0.25, 0.3) is 0 Å². The van der Waals surface area contributed by atoms with E-state index >= 15 is 0 Å². The zero-order valence-corrected chi connectivity index (χ0v) is 18.3. The molecule has 1 unspecified atom stereocenters. The van der Waals surface area contributed by atoms with Crippen LogP contribution in [0.5, 0.6) is 0 Å². The minimum Gasteiger partial charge on any atom is -0.342 e. The molecular formula is C22H26N4OS2. The zero-order valence-electron chi connectivity index (χ0n) is 16.7. The normalized spacial score (nSPS) is 15.8. The predicted molar refractivity (Wildman–Crippen MR) is 119 cm³/mol. The number of nitrogens with zero attached hydrogens (tertiary/aromatic N) is 4. The first-order valence-electron chi connectivity index (χ1n) is 10.2. The first kappa shape index (κ1) is 20.2. The molecule has 1 aliphatic heterocycles. The topological polar surface area (TPSA) is 51.0 Å². The molecule has 152 valence electrons. The van der Waals surface area contributed by atoms with E-state index in [1.165, 1.54) is 29.5 Å². The molecule has 0 bridgehead atoms. The smallest absolute Gasteiger partial charge is 0.235 e. The fourth-order valence-electron chi connectivity index (χ4n) is 3.65. The highest BCUT2D eigenvalue weighted by Gasteiger charge is 2.25. The summed E-state index contributed by atoms with van der Waals surface area (Å²) in [7, 11) is 0. The third-order valence-corrected chi connectivity index (χ3v) is 7.08. The molecule has 2 aromatic heterocycles. The zero-order chi connectivity index (χ0) is 20.1. The van der Waals surface area contributed by atoms with Gasteiger partial charge in [0, 0.05) is 30.1 Å². The molecule has 7 heteroatoms. The molecule has 0 spiro atoms. The summed E-state index contributed by atoms with van der Waals surface area (Å²) < 4.78 is 2.09. The molecular weight excluding hydrogens is 400 g/mol. The summed E-state index contributed by atoms with van der Waals surface area (Å²) in [6.07, 6.45) is 5.39. The minimum atomic E-state index is -0.186. The Morgan fingerprint density at radius 1 is 1.07 bits per heavy atom. The average molecular weight is 427 g/mol. The lowest BCUT2D eigenvalue weighted by Gasteiger charge is -2.23. The van der Waals surface area contributed by atoms with Crippen LogP contribution in [-0.2, 0) is 11.2 Å². The van der Waals surface area contributed by atoms with Crippen molar-refractivity contribution < 1.29 is 4.79 Å². The van der Waals surface area contributed by atoms with Crippen molar-refractivity contribution in [2.75, 3.05) is 13.1 Å². The molecule has 1 aliphatic rings. The summed E-state index contributed by atoms with van der Waals surface area (Å²) >= 11 is 3.23. The Hall–Kier alpha value is -2.12. The van der Waals surface area contributed by atoms with Crippen molar-refractivity contribution in [3.05, 3.63) is 58.5 Å². The predicted octanol–water partition coefficient (Wildman–Crippen LogP) is 4.80. The number of aromatic nitrogens is 3. The third kappa shape index (κ3) is 4.90. The van der Waals surface area contributed by atoms with E-state index < -0.39 is 0 Å². The number of thiophene rings is 1. The molecule has 1 saturated heterocycles. The molecule has 1 atom stereocenters. The summed E-state index contributed by atoms with van der Waals surface area (Å²) in [5.41, 5.74) is 1.03. The van der Waals surface area contributed by atoms with Crippen molar-refractivity contribution in [2.45, 2.75) is 49.4 Å². The molecule has 1 fully saturated rings. The Morgan fingerprint density at radius 3 is 2.52 bits per heavy atom. The van der Waals surface area contributed by atoms with E-state index in [4.69, 9.17) is 0 Å². The first-order valence-corrected chi connectivity index (χ1v) is 12.0. The lowest BCUT2D eigenvalue weighted by molar-refractivity contribution is -0.130. The molecule has 3 heterocycles. The number of rotatable bonds is 6. The van der Waals surface area contributed by atoms with Gasteiger partial charge >= 0.3 is 0 Å². The molecule has 4 rings (SSSR count). The second-order valence-electron chi connectivity index (χ2n) is 7.33. The number of benzene rings is 1. The highest BCUT2D eigenvalue weighted by atomic mass is 32.2. The van der Waals surface area contributed by atoms with Crippen LogP contribution in [0.3, 0.4) is 0 Å². The Labute approximate surface area is 180 Å². The molecule has 0 N–H and O–H groups in total. The Morgan fingerprint density at radius 2 is 1.83 bits per heavy atom. The van der Waals surface area contributed by atoms with Crippen molar-refractivity contribution in [1.29, 1.82) is 0 Å². The molecule has 1 amide bonds. The number of carbonyl (C=O) groups excluding carboxylic acids is 1. The second-order valence-corrected chi connectivity index (χ2v) is 9.67. The van der Waals surface area contributed by atoms with Crippen LogP contribution in [-0.4, -0.2) is 43.9 Å². The summed E-state index contributed by atoms with van der Waals surface area (Å²) in [6.45, 7) is 3.73. The van der Waals surface area contributed by atoms with Gasteiger partial charge in [-0.3, -0.25) is 9.36 Å². The summed E-state index contributed by atoms with van der Waals surface area (Å²) in [4.78, 5) is 16.3. The van der Waals surface area contributed by atoms with Gasteiger partial charge in [-0.25, -0.2) is 0 Å². The van der Waals surface area contributed by atoms with Crippen molar-refractivity contribution in [3.63, 3.8) is 0 Å². The van der Waals surface area contributed by atoms with Crippen LogP contribution in [0.2, 0.25) is 0 Å². The summed E-state index contributed by atoms with van der Waals surface area (Å²) in [6, 6.07) is 14.3. The number of para-hydroxylation sites is 1. The van der Waals surface area contributed by atoms with Gasteiger partial charge in [-0.2, -0.15) is 0 Å². The molecule has 1 aromatic carbocycles. The van der Waals surface area contributed by atoms with Gasteiger partial charge in [0.2, 0.25) is 5.91 Å². The van der Waals surface area contributed by atoms with Gasteiger partial charge in [0.15, 0.2) is 5.16 Å². The Kier molecular flexibility index (Phi) is 6.67. The SMILES string of the molecule is CC(Sc1nnc(Cc2cccs2)n1-c1ccccc1)C(=O)N1CCCCCC1. The van der Waals surface area contributed by atoms with Crippen molar-refractivity contribution in [3.8, 4) is 5.69 Å². The van der Waals surface area contributed by atoms with Gasteiger partial charge in [-0.1, -0.05) is 48.9 Å². The van der Waals surface area contributed by atoms with Gasteiger partial charge in [0.05, 0.1) is 5.25 Å². The van der Waals surface area contributed by atoms with E-state index in [2.05, 4.69) is 44.4 Å². The lowest BCUT2D eigenvalue weighted by atomic mass is 10.2. The fraction of sp³-hybridized carbons (Fsp3) is 0.409. The maximum Gasteiger partial charge on any atom is 0.235 e. The monoisotopic (exact) mass is 426 g/mol. The van der Waals surface area contributed by atoms with Crippen molar-refractivity contribution >= 4 is 29.0 Å². The molecule has 0 aliphatic carbocycles. The van der Waals surface area contributed by atoms with E-state index in [0.29, 0.717) is 0 Å². The number of amides is 1. The van der Waals surface area contributed by atoms with E-state index in [-0.39, 0.29) is 11.2 Å². The van der Waals surface area contributed by atoms with Crippen LogP contribution in [0, 0.1) is 0 Å². The third-order valence-electron chi connectivity index (χ3n) is 5.17. The van der Waals surface area contributed by atoms with Crippen molar-refractivity contribution in [2.24, 2.45) is 0 Å². The minimum absolute atomic E-state index is 0.186. The Balaban J connectivity index is 1.57. The van der Waals surface area contributed by atoms with Crippen LogP contribution in [0.1, 0.15) is 43.3 Å². The summed E-state index contributed by atoms with van der Waals surface area (Å²) in [5, 5.41) is 11.6. The Bertz CT molecular complexity index is 916. The number of likely N-dealkylation sites (tertiary alicyclic amines) is 1. The fourth-order valence-corrected chi connectivity index (χ4v) is 5.33. The number of hydrogen-bond donors (Lipinski definition) is 0. The maximum absolute atomic E-state index is 13.0. The van der Waals surface area contributed by atoms with Gasteiger partial charge < -0.3 is 4.90 Å². The average Bonchev–Trinajstić information content (AvgIpc) is 3.30. The lowest BCUT2D eigenvalue weighted by Crippen LogP contribution is -2.37. The molecule has 3 aromatic rings. The van der Waals surface area contributed by atoms with Gasteiger partial charge in [-0.15, -0.1) is 21.5 Å². The van der Waals surface area contributed by atoms with Crippen molar-refractivity contribution in [1.82, 2.24) is 19.7 Å². The molecule has 0 saturated carbocycles. The van der Waals surface area contributed by atoms with Crippen LogP contribution >= 0.6 is 23.1 Å². The van der Waals surface area contributed by atoms with Gasteiger partial charge in [-0.05, 0) is 43.3 Å². The van der Waals surface area contributed by atoms with Gasteiger partial charge in [0.1, 0.15) is 5.82 Å². The van der Waals surface area contributed by atoms with E-state index in [0.717, 1.165) is 49.0 Å². The summed E-state index contributed by atoms with van der Waals surface area (Å²) in [5.74, 6) is 1.11. The second kappa shape index (κ2) is 9.59. The van der Waals surface area contributed by atoms with Crippen LogP contribution in [0.15, 0.2) is 53.0 Å². The molecule has 29 heavy (non-hydrogen) atoms. The molecule has 5 nitrogen and oxygen atoms in total. The number of hydrogen-bond acceptors (Lipinski definition) is 5. The maximum atomic E-state index is 13.0. The van der Waals surface area contributed by atoms with Crippen LogP contribution < -0.4 is 0 Å². The quantitative estimate of drug-likeness (QED) is 0.531. The number of carbonyl (C=O) groups is 1. The standard InChI is InChI=1S/C22H26N4OS2/c1-17(21(27)25-13-7-2-3-8-14-25)29-22-24-23-20(16-19-12-9-15-28-19)26(22)18-10-5-4-6-11-18/h4-6,9-12,15,17H,2-3,7-8,13-14,16H2,1H3. The van der Waals surface area contributed by atoms with E-state index in [1.807, 2.05) is 30.0 Å². The molecule has 0 radical (unpaired) electrons. The largest absolute Gasteiger partial charge is 0.342 e.